The Morgan fingerprint density at radius 1 is 1.62 bits per heavy atom. The Kier molecular flexibility index (Phi) is 5.39. The maximum absolute atomic E-state index is 11.5. The first-order chi connectivity index (χ1) is 6.02. The molecule has 1 unspecified atom stereocenters. The van der Waals surface area contributed by atoms with Crippen LogP contribution in [0.1, 0.15) is 27.2 Å². The average molecular weight is 185 g/mol. The van der Waals surface area contributed by atoms with Crippen LogP contribution < -0.4 is 0 Å². The number of hydroxylamine groups is 2. The molecule has 1 atom stereocenters. The number of nitrogens with zero attached hydrogens (tertiary/aromatic N) is 1. The zero-order valence-corrected chi connectivity index (χ0v) is 9.13. The van der Waals surface area contributed by atoms with Gasteiger partial charge >= 0.3 is 0 Å². The van der Waals surface area contributed by atoms with Crippen molar-refractivity contribution < 1.29 is 9.63 Å². The molecule has 76 valence electrons. The first-order valence-electron chi connectivity index (χ1n) is 4.46. The van der Waals surface area contributed by atoms with Crippen LogP contribution in [-0.2, 0) is 9.63 Å². The molecule has 1 amide bonds. The fraction of sp³-hybridized carbons (Fsp3) is 0.700. The van der Waals surface area contributed by atoms with Gasteiger partial charge < -0.3 is 0 Å². The third-order valence-corrected chi connectivity index (χ3v) is 2.13. The molecule has 0 aromatic rings. The van der Waals surface area contributed by atoms with Crippen LogP contribution in [0.5, 0.6) is 0 Å². The maximum atomic E-state index is 11.5. The van der Waals surface area contributed by atoms with Crippen molar-refractivity contribution in [1.29, 1.82) is 0 Å². The number of carbonyl (C=O) groups is 1. The van der Waals surface area contributed by atoms with Gasteiger partial charge in [-0.2, -0.15) is 0 Å². The zero-order valence-electron chi connectivity index (χ0n) is 9.13. The van der Waals surface area contributed by atoms with E-state index in [1.807, 2.05) is 26.8 Å². The van der Waals surface area contributed by atoms with Gasteiger partial charge in [0.1, 0.15) is 0 Å². The van der Waals surface area contributed by atoms with Gasteiger partial charge in [-0.3, -0.25) is 9.63 Å². The quantitative estimate of drug-likeness (QED) is 0.495. The predicted octanol–water partition coefficient (Wildman–Crippen LogP) is 2.00. The van der Waals surface area contributed by atoms with E-state index < -0.39 is 0 Å². The molecule has 0 saturated carbocycles. The minimum Gasteiger partial charge on any atom is -0.275 e. The van der Waals surface area contributed by atoms with E-state index in [0.717, 1.165) is 6.42 Å². The third kappa shape index (κ3) is 4.08. The molecule has 0 radical (unpaired) electrons. The normalized spacial score (nSPS) is 14.1. The van der Waals surface area contributed by atoms with Gasteiger partial charge in [-0.1, -0.05) is 18.6 Å². The SMILES string of the molecule is C/C=C(\C)CC(C)C(=O)N(C)OC. The van der Waals surface area contributed by atoms with E-state index in [1.54, 1.807) is 7.05 Å². The van der Waals surface area contributed by atoms with Crippen molar-refractivity contribution in [3.63, 3.8) is 0 Å². The minimum absolute atomic E-state index is 0.0128. The molecule has 0 aliphatic heterocycles. The van der Waals surface area contributed by atoms with Crippen LogP contribution >= 0.6 is 0 Å². The Hall–Kier alpha value is -0.830. The molecule has 0 rings (SSSR count). The summed E-state index contributed by atoms with van der Waals surface area (Å²) in [6, 6.07) is 0. The fourth-order valence-electron chi connectivity index (χ4n) is 1.09. The summed E-state index contributed by atoms with van der Waals surface area (Å²) in [5.74, 6) is 0.00449. The van der Waals surface area contributed by atoms with Crippen LogP contribution in [0.15, 0.2) is 11.6 Å². The van der Waals surface area contributed by atoms with E-state index in [9.17, 15) is 4.79 Å². The third-order valence-electron chi connectivity index (χ3n) is 2.13. The van der Waals surface area contributed by atoms with Crippen LogP contribution in [-0.4, -0.2) is 25.1 Å². The number of hydrogen-bond donors (Lipinski definition) is 0. The molecular formula is C10H19NO2. The Morgan fingerprint density at radius 2 is 2.15 bits per heavy atom. The van der Waals surface area contributed by atoms with E-state index in [2.05, 4.69) is 0 Å². The Morgan fingerprint density at radius 3 is 2.54 bits per heavy atom. The van der Waals surface area contributed by atoms with Gasteiger partial charge in [-0.25, -0.2) is 5.06 Å². The monoisotopic (exact) mass is 185 g/mol. The Labute approximate surface area is 80.3 Å². The van der Waals surface area contributed by atoms with Crippen LogP contribution in [0, 0.1) is 5.92 Å². The Bertz CT molecular complexity index is 199. The topological polar surface area (TPSA) is 29.5 Å². The summed E-state index contributed by atoms with van der Waals surface area (Å²) in [6.07, 6.45) is 2.82. The molecule has 0 N–H and O–H groups in total. The lowest BCUT2D eigenvalue weighted by Gasteiger charge is -2.18. The molecule has 0 bridgehead atoms. The van der Waals surface area contributed by atoms with Crippen molar-refractivity contribution in [1.82, 2.24) is 5.06 Å². The second-order valence-electron chi connectivity index (χ2n) is 3.26. The first-order valence-corrected chi connectivity index (χ1v) is 4.46. The molecule has 0 aliphatic carbocycles. The molecule has 0 heterocycles. The molecule has 0 aromatic carbocycles. The van der Waals surface area contributed by atoms with Crippen molar-refractivity contribution in [2.45, 2.75) is 27.2 Å². The van der Waals surface area contributed by atoms with Crippen LogP contribution in [0.3, 0.4) is 0 Å². The number of carbonyl (C=O) groups excluding carboxylic acids is 1. The van der Waals surface area contributed by atoms with Gasteiger partial charge in [-0.05, 0) is 20.3 Å². The second kappa shape index (κ2) is 5.75. The van der Waals surface area contributed by atoms with Crippen molar-refractivity contribution >= 4 is 5.91 Å². The molecule has 0 fully saturated rings. The molecule has 0 spiro atoms. The predicted molar refractivity (Wildman–Crippen MR) is 53.0 cm³/mol. The highest BCUT2D eigenvalue weighted by molar-refractivity contribution is 5.77. The summed E-state index contributed by atoms with van der Waals surface area (Å²) in [6.45, 7) is 5.91. The molecule has 3 nitrogen and oxygen atoms in total. The Balaban J connectivity index is 4.11. The zero-order chi connectivity index (χ0) is 10.4. The van der Waals surface area contributed by atoms with E-state index in [0.29, 0.717) is 0 Å². The highest BCUT2D eigenvalue weighted by Crippen LogP contribution is 2.12. The average Bonchev–Trinajstić information content (AvgIpc) is 2.14. The molecule has 3 heteroatoms. The lowest BCUT2D eigenvalue weighted by atomic mass is 10.0. The molecular weight excluding hydrogens is 166 g/mol. The van der Waals surface area contributed by atoms with Crippen molar-refractivity contribution in [2.75, 3.05) is 14.2 Å². The van der Waals surface area contributed by atoms with E-state index in [1.165, 1.54) is 17.7 Å². The van der Waals surface area contributed by atoms with Crippen LogP contribution in [0.4, 0.5) is 0 Å². The van der Waals surface area contributed by atoms with Gasteiger partial charge in [0.15, 0.2) is 0 Å². The number of amides is 1. The number of rotatable bonds is 4. The van der Waals surface area contributed by atoms with Crippen LogP contribution in [0.25, 0.3) is 0 Å². The fourth-order valence-corrected chi connectivity index (χ4v) is 1.09. The lowest BCUT2D eigenvalue weighted by Crippen LogP contribution is -2.30. The lowest BCUT2D eigenvalue weighted by molar-refractivity contribution is -0.172. The summed E-state index contributed by atoms with van der Waals surface area (Å²) in [5, 5.41) is 1.27. The molecule has 0 aromatic heterocycles. The smallest absolute Gasteiger partial charge is 0.248 e. The maximum Gasteiger partial charge on any atom is 0.248 e. The minimum atomic E-state index is -0.0128. The van der Waals surface area contributed by atoms with E-state index in [4.69, 9.17) is 4.84 Å². The second-order valence-corrected chi connectivity index (χ2v) is 3.26. The summed E-state index contributed by atoms with van der Waals surface area (Å²) in [4.78, 5) is 16.3. The summed E-state index contributed by atoms with van der Waals surface area (Å²) >= 11 is 0. The molecule has 13 heavy (non-hydrogen) atoms. The van der Waals surface area contributed by atoms with Crippen molar-refractivity contribution in [3.05, 3.63) is 11.6 Å². The van der Waals surface area contributed by atoms with Crippen molar-refractivity contribution in [2.24, 2.45) is 5.92 Å². The first kappa shape index (κ1) is 12.2. The standard InChI is InChI=1S/C10H19NO2/c1-6-8(2)7-9(3)10(12)11(4)13-5/h6,9H,7H2,1-5H3/b8-6+. The van der Waals surface area contributed by atoms with Gasteiger partial charge in [-0.15, -0.1) is 0 Å². The van der Waals surface area contributed by atoms with Gasteiger partial charge in [0.2, 0.25) is 5.91 Å². The highest BCUT2D eigenvalue weighted by atomic mass is 16.7. The summed E-state index contributed by atoms with van der Waals surface area (Å²) < 4.78 is 0. The van der Waals surface area contributed by atoms with E-state index in [-0.39, 0.29) is 11.8 Å². The van der Waals surface area contributed by atoms with Gasteiger partial charge in [0, 0.05) is 13.0 Å². The van der Waals surface area contributed by atoms with Gasteiger partial charge in [0.05, 0.1) is 7.11 Å². The molecule has 0 aliphatic rings. The highest BCUT2D eigenvalue weighted by Gasteiger charge is 2.17. The largest absolute Gasteiger partial charge is 0.275 e. The van der Waals surface area contributed by atoms with Crippen molar-refractivity contribution in [3.8, 4) is 0 Å². The number of allylic oxidation sites excluding steroid dienone is 2. The van der Waals surface area contributed by atoms with E-state index >= 15 is 0 Å². The molecule has 0 saturated heterocycles. The van der Waals surface area contributed by atoms with Gasteiger partial charge in [0.25, 0.3) is 0 Å². The number of hydrogen-bond acceptors (Lipinski definition) is 2. The summed E-state index contributed by atoms with van der Waals surface area (Å²) in [5.41, 5.74) is 1.23. The summed E-state index contributed by atoms with van der Waals surface area (Å²) in [7, 11) is 3.12. The van der Waals surface area contributed by atoms with Crippen LogP contribution in [0.2, 0.25) is 0 Å².